The van der Waals surface area contributed by atoms with Gasteiger partial charge in [-0.3, -0.25) is 10.3 Å². The van der Waals surface area contributed by atoms with Crippen molar-refractivity contribution in [2.75, 3.05) is 5.32 Å². The second-order valence-corrected chi connectivity index (χ2v) is 10.3. The van der Waals surface area contributed by atoms with Gasteiger partial charge in [0.05, 0.1) is 11.9 Å². The molecule has 168 valence electrons. The molecule has 4 atom stereocenters. The van der Waals surface area contributed by atoms with Crippen molar-refractivity contribution in [1.29, 1.82) is 0 Å². The number of rotatable bonds is 3. The van der Waals surface area contributed by atoms with Crippen LogP contribution in [0.5, 0.6) is 0 Å². The topological polar surface area (TPSA) is 89.5 Å². The normalized spacial score (nSPS) is 24.7. The lowest BCUT2D eigenvalue weighted by Crippen LogP contribution is -2.47. The van der Waals surface area contributed by atoms with Gasteiger partial charge in [-0.05, 0) is 83.8 Å². The van der Waals surface area contributed by atoms with Crippen molar-refractivity contribution >= 4 is 17.9 Å². The van der Waals surface area contributed by atoms with Crippen LogP contribution in [0.4, 0.5) is 15.3 Å². The number of anilines is 1. The summed E-state index contributed by atoms with van der Waals surface area (Å²) < 4.78 is 10.8. The van der Waals surface area contributed by atoms with Crippen molar-refractivity contribution in [2.45, 2.75) is 91.4 Å². The first kappa shape index (κ1) is 24.0. The van der Waals surface area contributed by atoms with Gasteiger partial charge in [0.15, 0.2) is 0 Å². The maximum absolute atomic E-state index is 12.4. The number of carbonyl (C=O) groups excluding carboxylic acids is 2. The third kappa shape index (κ3) is 7.18. The van der Waals surface area contributed by atoms with Gasteiger partial charge in [0.2, 0.25) is 0 Å². The highest BCUT2D eigenvalue weighted by Crippen LogP contribution is 2.41. The number of carbonyl (C=O) groups is 2. The fourth-order valence-electron chi connectivity index (χ4n) is 3.86. The minimum Gasteiger partial charge on any atom is -0.444 e. The van der Waals surface area contributed by atoms with E-state index in [1.807, 2.05) is 47.6 Å². The molecule has 1 saturated carbocycles. The second kappa shape index (κ2) is 9.23. The summed E-state index contributed by atoms with van der Waals surface area (Å²) in [6.07, 6.45) is 4.21. The molecule has 0 unspecified atom stereocenters. The molecule has 1 aromatic heterocycles. The van der Waals surface area contributed by atoms with Gasteiger partial charge in [-0.15, -0.1) is 0 Å². The number of pyridine rings is 1. The summed E-state index contributed by atoms with van der Waals surface area (Å²) in [6.45, 7) is 15.4. The molecule has 1 heterocycles. The van der Waals surface area contributed by atoms with Crippen LogP contribution >= 0.6 is 0 Å². The molecule has 0 radical (unpaired) electrons. The number of nitrogens with one attached hydrogen (secondary N) is 2. The molecule has 30 heavy (non-hydrogen) atoms. The summed E-state index contributed by atoms with van der Waals surface area (Å²) >= 11 is 0. The Morgan fingerprint density at radius 3 is 2.20 bits per heavy atom. The molecule has 0 saturated heterocycles. The Morgan fingerprint density at radius 1 is 1.00 bits per heavy atom. The number of amides is 2. The summed E-state index contributed by atoms with van der Waals surface area (Å²) in [4.78, 5) is 28.8. The van der Waals surface area contributed by atoms with Crippen molar-refractivity contribution in [2.24, 2.45) is 11.8 Å². The molecule has 7 nitrogen and oxygen atoms in total. The second-order valence-electron chi connectivity index (χ2n) is 10.3. The fourth-order valence-corrected chi connectivity index (χ4v) is 3.86. The van der Waals surface area contributed by atoms with E-state index < -0.39 is 23.4 Å². The Kier molecular flexibility index (Phi) is 7.37. The van der Waals surface area contributed by atoms with Crippen molar-refractivity contribution < 1.29 is 19.1 Å². The first-order chi connectivity index (χ1) is 13.7. The molecule has 2 amide bonds. The van der Waals surface area contributed by atoms with Crippen molar-refractivity contribution in [3.63, 3.8) is 0 Å². The number of ether oxygens (including phenoxy) is 2. The Balaban J connectivity index is 2.17. The van der Waals surface area contributed by atoms with Gasteiger partial charge in [0.25, 0.3) is 0 Å². The Hall–Kier alpha value is -2.31. The number of hydrogen-bond acceptors (Lipinski definition) is 5. The Morgan fingerprint density at radius 2 is 1.60 bits per heavy atom. The molecule has 1 aromatic rings. The fraction of sp³-hybridized carbons (Fsp3) is 0.696. The molecule has 2 N–H and O–H groups in total. The third-order valence-corrected chi connectivity index (χ3v) is 5.36. The highest BCUT2D eigenvalue weighted by molar-refractivity contribution is 5.85. The molecule has 1 aliphatic rings. The third-order valence-electron chi connectivity index (χ3n) is 5.36. The zero-order valence-corrected chi connectivity index (χ0v) is 19.5. The van der Waals surface area contributed by atoms with E-state index in [0.29, 0.717) is 17.5 Å². The van der Waals surface area contributed by atoms with Crippen molar-refractivity contribution in [3.8, 4) is 0 Å². The van der Waals surface area contributed by atoms with Gasteiger partial charge in [-0.1, -0.05) is 13.8 Å². The zero-order valence-electron chi connectivity index (χ0n) is 19.5. The number of hydrogen-bond donors (Lipinski definition) is 2. The van der Waals surface area contributed by atoms with Gasteiger partial charge < -0.3 is 14.8 Å². The summed E-state index contributed by atoms with van der Waals surface area (Å²) in [5, 5.41) is 5.90. The quantitative estimate of drug-likeness (QED) is 0.678. The first-order valence-corrected chi connectivity index (χ1v) is 10.7. The zero-order chi connectivity index (χ0) is 22.7. The number of nitrogens with zero attached hydrogens (tertiary/aromatic N) is 1. The van der Waals surface area contributed by atoms with Gasteiger partial charge in [0.1, 0.15) is 11.2 Å². The SMILES string of the molecule is C[C@@H]1[C@H](C)C[C@H](c2ccncc2NC(=O)OC(C)(C)C)C[C@@H]1NC(=O)OC(C)(C)C. The lowest BCUT2D eigenvalue weighted by atomic mass is 9.70. The van der Waals surface area contributed by atoms with Crippen LogP contribution in [0.3, 0.4) is 0 Å². The molecule has 0 bridgehead atoms. The predicted octanol–water partition coefficient (Wildman–Crippen LogP) is 5.47. The van der Waals surface area contributed by atoms with E-state index in [9.17, 15) is 9.59 Å². The molecule has 2 rings (SSSR count). The van der Waals surface area contributed by atoms with Crippen LogP contribution in [0.15, 0.2) is 18.5 Å². The molecule has 0 aromatic carbocycles. The average molecular weight is 420 g/mol. The van der Waals surface area contributed by atoms with E-state index in [4.69, 9.17) is 9.47 Å². The first-order valence-electron chi connectivity index (χ1n) is 10.7. The van der Waals surface area contributed by atoms with Crippen LogP contribution in [0.25, 0.3) is 0 Å². The summed E-state index contributed by atoms with van der Waals surface area (Å²) in [7, 11) is 0. The molecule has 7 heteroatoms. The van der Waals surface area contributed by atoms with E-state index in [1.165, 1.54) is 0 Å². The van der Waals surface area contributed by atoms with Gasteiger partial charge in [-0.2, -0.15) is 0 Å². The van der Waals surface area contributed by atoms with E-state index >= 15 is 0 Å². The van der Waals surface area contributed by atoms with Crippen molar-refractivity contribution in [1.82, 2.24) is 10.3 Å². The van der Waals surface area contributed by atoms with Crippen LogP contribution < -0.4 is 10.6 Å². The van der Waals surface area contributed by atoms with Crippen LogP contribution in [-0.4, -0.2) is 34.4 Å². The molecule has 0 aliphatic heterocycles. The van der Waals surface area contributed by atoms with E-state index in [2.05, 4.69) is 29.5 Å². The number of alkyl carbamates (subject to hydrolysis) is 1. The highest BCUT2D eigenvalue weighted by Gasteiger charge is 2.36. The predicted molar refractivity (Wildman–Crippen MR) is 118 cm³/mol. The van der Waals surface area contributed by atoms with Crippen LogP contribution in [0.2, 0.25) is 0 Å². The smallest absolute Gasteiger partial charge is 0.412 e. The molecular weight excluding hydrogens is 382 g/mol. The Labute approximate surface area is 180 Å². The lowest BCUT2D eigenvalue weighted by molar-refractivity contribution is 0.0448. The monoisotopic (exact) mass is 419 g/mol. The largest absolute Gasteiger partial charge is 0.444 e. The van der Waals surface area contributed by atoms with Crippen LogP contribution in [-0.2, 0) is 9.47 Å². The average Bonchev–Trinajstić information content (AvgIpc) is 2.55. The molecular formula is C23H37N3O4. The summed E-state index contributed by atoms with van der Waals surface area (Å²) in [5.74, 6) is 0.883. The Bertz CT molecular complexity index is 752. The summed E-state index contributed by atoms with van der Waals surface area (Å²) in [6, 6.07) is 1.92. The maximum atomic E-state index is 12.4. The maximum Gasteiger partial charge on any atom is 0.412 e. The highest BCUT2D eigenvalue weighted by atomic mass is 16.6. The molecule has 1 fully saturated rings. The minimum absolute atomic E-state index is 0.0175. The lowest BCUT2D eigenvalue weighted by Gasteiger charge is -2.40. The molecule has 0 spiro atoms. The standard InChI is InChI=1S/C23H37N3O4/c1-14-11-16(12-18(15(14)2)25-20(27)29-22(3,4)5)17-9-10-24-13-19(17)26-21(28)30-23(6,7)8/h9-10,13-16,18H,11-12H2,1-8H3,(H,25,27)(H,26,28)/t14-,15-,16+,18+/m1/s1. The van der Waals surface area contributed by atoms with E-state index in [-0.39, 0.29) is 12.0 Å². The van der Waals surface area contributed by atoms with Gasteiger partial charge in [-0.25, -0.2) is 9.59 Å². The number of aromatic nitrogens is 1. The van der Waals surface area contributed by atoms with Gasteiger partial charge in [0, 0.05) is 12.2 Å². The van der Waals surface area contributed by atoms with E-state index in [1.54, 1.807) is 12.4 Å². The van der Waals surface area contributed by atoms with Crippen LogP contribution in [0, 0.1) is 11.8 Å². The van der Waals surface area contributed by atoms with Crippen molar-refractivity contribution in [3.05, 3.63) is 24.0 Å². The minimum atomic E-state index is -0.580. The summed E-state index contributed by atoms with van der Waals surface area (Å²) in [5.41, 5.74) is 0.534. The molecule has 1 aliphatic carbocycles. The van der Waals surface area contributed by atoms with Crippen LogP contribution in [0.1, 0.15) is 79.7 Å². The van der Waals surface area contributed by atoms with E-state index in [0.717, 1.165) is 18.4 Å². The van der Waals surface area contributed by atoms with Gasteiger partial charge >= 0.3 is 12.2 Å².